The minimum Gasteiger partial charge on any atom is -0.355 e. The number of carbonyl (C=O) groups excluding carboxylic acids is 1. The number of benzene rings is 2. The first-order valence-corrected chi connectivity index (χ1v) is 5.19. The van der Waals surface area contributed by atoms with E-state index in [1.165, 1.54) is 0 Å². The van der Waals surface area contributed by atoms with E-state index in [9.17, 15) is 4.79 Å². The summed E-state index contributed by atoms with van der Waals surface area (Å²) in [5.41, 5.74) is 2.96. The van der Waals surface area contributed by atoms with Gasteiger partial charge in [-0.2, -0.15) is 0 Å². The van der Waals surface area contributed by atoms with Gasteiger partial charge in [-0.05, 0) is 23.3 Å². The fraction of sp³-hybridized carbons (Fsp3) is 0.0714. The average molecular weight is 211 g/mol. The Balaban J connectivity index is 2.30. The Hall–Kier alpha value is -2.09. The van der Waals surface area contributed by atoms with Crippen LogP contribution in [-0.4, -0.2) is 13.0 Å². The summed E-state index contributed by atoms with van der Waals surface area (Å²) in [7, 11) is 1.63. The molecule has 0 saturated heterocycles. The van der Waals surface area contributed by atoms with E-state index in [0.717, 1.165) is 11.1 Å². The standard InChI is InChI=1S/C14H13NO/c1-15-14(16)13-9-7-12(8-10-13)11-5-3-2-4-6-11/h2-10H,1H3,(H,15,16). The van der Waals surface area contributed by atoms with Gasteiger partial charge in [-0.1, -0.05) is 42.5 Å². The predicted molar refractivity (Wildman–Crippen MR) is 65.3 cm³/mol. The third-order valence-electron chi connectivity index (χ3n) is 2.48. The molecule has 0 unspecified atom stereocenters. The zero-order valence-corrected chi connectivity index (χ0v) is 9.10. The molecule has 16 heavy (non-hydrogen) atoms. The Morgan fingerprint density at radius 3 is 2.00 bits per heavy atom. The normalized spacial score (nSPS) is 9.81. The molecule has 0 saturated carbocycles. The van der Waals surface area contributed by atoms with Gasteiger partial charge in [0.15, 0.2) is 0 Å². The Bertz CT molecular complexity index is 474. The number of hydrogen-bond donors (Lipinski definition) is 1. The van der Waals surface area contributed by atoms with Crippen LogP contribution in [0.1, 0.15) is 10.4 Å². The molecule has 0 bridgehead atoms. The maximum atomic E-state index is 11.4. The van der Waals surface area contributed by atoms with E-state index in [0.29, 0.717) is 5.56 Å². The first kappa shape index (κ1) is 10.4. The predicted octanol–water partition coefficient (Wildman–Crippen LogP) is 2.71. The van der Waals surface area contributed by atoms with Gasteiger partial charge >= 0.3 is 0 Å². The number of hydrogen-bond acceptors (Lipinski definition) is 1. The fourth-order valence-electron chi connectivity index (χ4n) is 1.59. The molecule has 0 spiro atoms. The summed E-state index contributed by atoms with van der Waals surface area (Å²) in [6.07, 6.45) is 0. The van der Waals surface area contributed by atoms with Gasteiger partial charge in [-0.25, -0.2) is 0 Å². The third kappa shape index (κ3) is 2.11. The van der Waals surface area contributed by atoms with E-state index in [1.54, 1.807) is 7.05 Å². The van der Waals surface area contributed by atoms with E-state index >= 15 is 0 Å². The molecule has 2 nitrogen and oxygen atoms in total. The quantitative estimate of drug-likeness (QED) is 0.813. The highest BCUT2D eigenvalue weighted by molar-refractivity contribution is 5.94. The topological polar surface area (TPSA) is 29.1 Å². The van der Waals surface area contributed by atoms with Crippen LogP contribution >= 0.6 is 0 Å². The Morgan fingerprint density at radius 2 is 1.44 bits per heavy atom. The summed E-state index contributed by atoms with van der Waals surface area (Å²) in [6.45, 7) is 0. The van der Waals surface area contributed by atoms with Gasteiger partial charge in [0.1, 0.15) is 0 Å². The number of nitrogens with one attached hydrogen (secondary N) is 1. The Morgan fingerprint density at radius 1 is 0.875 bits per heavy atom. The van der Waals surface area contributed by atoms with Crippen LogP contribution in [0, 0.1) is 0 Å². The summed E-state index contributed by atoms with van der Waals surface area (Å²) in [5, 5.41) is 2.60. The molecule has 0 atom stereocenters. The van der Waals surface area contributed by atoms with Crippen LogP contribution in [-0.2, 0) is 0 Å². The monoisotopic (exact) mass is 211 g/mol. The van der Waals surface area contributed by atoms with E-state index in [2.05, 4.69) is 17.4 Å². The zero-order valence-electron chi connectivity index (χ0n) is 9.10. The van der Waals surface area contributed by atoms with E-state index in [-0.39, 0.29) is 5.91 Å². The molecule has 2 aromatic rings. The first-order valence-electron chi connectivity index (χ1n) is 5.19. The van der Waals surface area contributed by atoms with E-state index in [4.69, 9.17) is 0 Å². The van der Waals surface area contributed by atoms with Crippen molar-refractivity contribution < 1.29 is 4.79 Å². The van der Waals surface area contributed by atoms with E-state index in [1.807, 2.05) is 42.5 Å². The van der Waals surface area contributed by atoms with Crippen LogP contribution in [0.25, 0.3) is 11.1 Å². The number of amides is 1. The maximum absolute atomic E-state index is 11.4. The lowest BCUT2D eigenvalue weighted by Gasteiger charge is -2.03. The highest BCUT2D eigenvalue weighted by Crippen LogP contribution is 2.18. The van der Waals surface area contributed by atoms with Crippen molar-refractivity contribution >= 4 is 5.91 Å². The van der Waals surface area contributed by atoms with Crippen molar-refractivity contribution in [2.45, 2.75) is 0 Å². The van der Waals surface area contributed by atoms with Gasteiger partial charge in [-0.15, -0.1) is 0 Å². The second-order valence-electron chi connectivity index (χ2n) is 3.52. The van der Waals surface area contributed by atoms with Gasteiger partial charge in [0.2, 0.25) is 0 Å². The largest absolute Gasteiger partial charge is 0.355 e. The Labute approximate surface area is 94.9 Å². The lowest BCUT2D eigenvalue weighted by atomic mass is 10.0. The van der Waals surface area contributed by atoms with Gasteiger partial charge in [-0.3, -0.25) is 4.79 Å². The lowest BCUT2D eigenvalue weighted by molar-refractivity contribution is 0.0963. The minimum absolute atomic E-state index is 0.0559. The lowest BCUT2D eigenvalue weighted by Crippen LogP contribution is -2.17. The molecule has 2 heteroatoms. The van der Waals surface area contributed by atoms with Crippen molar-refractivity contribution in [3.63, 3.8) is 0 Å². The molecule has 1 N–H and O–H groups in total. The van der Waals surface area contributed by atoms with Crippen molar-refractivity contribution in [3.8, 4) is 11.1 Å². The van der Waals surface area contributed by atoms with Gasteiger partial charge in [0, 0.05) is 12.6 Å². The van der Waals surface area contributed by atoms with Crippen molar-refractivity contribution in [2.75, 3.05) is 7.05 Å². The molecule has 80 valence electrons. The number of carbonyl (C=O) groups is 1. The summed E-state index contributed by atoms with van der Waals surface area (Å²) in [4.78, 5) is 11.4. The molecule has 0 aliphatic carbocycles. The molecule has 1 amide bonds. The molecule has 0 aliphatic heterocycles. The first-order chi connectivity index (χ1) is 7.81. The van der Waals surface area contributed by atoms with Gasteiger partial charge in [0.25, 0.3) is 5.91 Å². The average Bonchev–Trinajstić information content (AvgIpc) is 2.39. The maximum Gasteiger partial charge on any atom is 0.251 e. The van der Waals surface area contributed by atoms with Crippen molar-refractivity contribution in [2.24, 2.45) is 0 Å². The SMILES string of the molecule is CNC(=O)c1ccc(-c2ccccc2)cc1. The van der Waals surface area contributed by atoms with Crippen molar-refractivity contribution in [1.82, 2.24) is 5.32 Å². The summed E-state index contributed by atoms with van der Waals surface area (Å²) < 4.78 is 0. The summed E-state index contributed by atoms with van der Waals surface area (Å²) >= 11 is 0. The Kier molecular flexibility index (Phi) is 3.01. The highest BCUT2D eigenvalue weighted by Gasteiger charge is 2.02. The highest BCUT2D eigenvalue weighted by atomic mass is 16.1. The molecule has 2 aromatic carbocycles. The molecule has 2 rings (SSSR count). The van der Waals surface area contributed by atoms with Crippen LogP contribution in [0.15, 0.2) is 54.6 Å². The van der Waals surface area contributed by atoms with E-state index < -0.39 is 0 Å². The molecule has 0 aliphatic rings. The second kappa shape index (κ2) is 4.62. The third-order valence-corrected chi connectivity index (χ3v) is 2.48. The van der Waals surface area contributed by atoms with Crippen LogP contribution in [0.4, 0.5) is 0 Å². The van der Waals surface area contributed by atoms with Crippen LogP contribution < -0.4 is 5.32 Å². The van der Waals surface area contributed by atoms with Gasteiger partial charge in [0.05, 0.1) is 0 Å². The molecular formula is C14H13NO. The summed E-state index contributed by atoms with van der Waals surface area (Å²) in [6, 6.07) is 17.7. The molecule has 0 aromatic heterocycles. The molecule has 0 fully saturated rings. The second-order valence-corrected chi connectivity index (χ2v) is 3.52. The number of rotatable bonds is 2. The zero-order chi connectivity index (χ0) is 11.4. The van der Waals surface area contributed by atoms with Crippen LogP contribution in [0.3, 0.4) is 0 Å². The fourth-order valence-corrected chi connectivity index (χ4v) is 1.59. The minimum atomic E-state index is -0.0559. The smallest absolute Gasteiger partial charge is 0.251 e. The molecule has 0 heterocycles. The van der Waals surface area contributed by atoms with Crippen molar-refractivity contribution in [1.29, 1.82) is 0 Å². The summed E-state index contributed by atoms with van der Waals surface area (Å²) in [5.74, 6) is -0.0559. The van der Waals surface area contributed by atoms with Gasteiger partial charge < -0.3 is 5.32 Å². The van der Waals surface area contributed by atoms with Crippen molar-refractivity contribution in [3.05, 3.63) is 60.2 Å². The molecular weight excluding hydrogens is 198 g/mol. The van der Waals surface area contributed by atoms with Crippen LogP contribution in [0.2, 0.25) is 0 Å². The van der Waals surface area contributed by atoms with Crippen LogP contribution in [0.5, 0.6) is 0 Å². The molecule has 0 radical (unpaired) electrons.